The summed E-state index contributed by atoms with van der Waals surface area (Å²) in [5.74, 6) is -12.0. The highest BCUT2D eigenvalue weighted by Gasteiger charge is 2.52. The normalized spacial score (nSPS) is 20.1. The van der Waals surface area contributed by atoms with Gasteiger partial charge in [0, 0.05) is 37.9 Å². The summed E-state index contributed by atoms with van der Waals surface area (Å²) in [4.78, 5) is 90.4. The molecule has 1 saturated carbocycles. The van der Waals surface area contributed by atoms with Crippen molar-refractivity contribution >= 4 is 35.5 Å². The molecule has 1 aromatic heterocycles. The molecule has 57 heavy (non-hydrogen) atoms. The Morgan fingerprint density at radius 1 is 0.930 bits per heavy atom. The maximum absolute atomic E-state index is 15.1. The number of aliphatic hydroxyl groups excluding tert-OH is 1. The predicted molar refractivity (Wildman–Crippen MR) is 203 cm³/mol. The van der Waals surface area contributed by atoms with E-state index in [1.165, 1.54) is 30.4 Å². The van der Waals surface area contributed by atoms with E-state index in [1.54, 1.807) is 34.6 Å². The number of halogens is 2. The van der Waals surface area contributed by atoms with Crippen molar-refractivity contribution in [3.05, 3.63) is 59.7 Å². The Hall–Kier alpha value is -5.06. The number of ether oxygens (including phenoxy) is 1. The Kier molecular flexibility index (Phi) is 15.6. The Balaban J connectivity index is 1.59. The van der Waals surface area contributed by atoms with Crippen LogP contribution in [0, 0.1) is 23.7 Å². The van der Waals surface area contributed by atoms with Crippen molar-refractivity contribution in [2.45, 2.75) is 116 Å². The Morgan fingerprint density at radius 2 is 1.60 bits per heavy atom. The highest BCUT2D eigenvalue weighted by molar-refractivity contribution is 5.99. The van der Waals surface area contributed by atoms with Crippen LogP contribution in [-0.2, 0) is 36.9 Å². The standard InChI is InChI=1S/C40H55F2N7O8/c1-7-11-29(34(51)40(41,42)38(55)44-8-2)46-35(52)28-19-26(57-39(56)49-17-14-24-12-9-10-13-25(24)21-49)18-27(28)33(50)31(22(3)4)47-37(54)32(23(5)6)48-36(53)30-20-43-15-16-45-30/h9-10,12-13,15-16,20,22-23,26-29,31-32,34,51H,7-8,11,14,17-19,21H2,1-6H3,(H,44,55)(H,46,52)(H,47,54)(H,48,53)/t26-,27?,28+,29-,31-,32-,34?/m0/s1. The number of hydrogen-bond donors (Lipinski definition) is 5. The summed E-state index contributed by atoms with van der Waals surface area (Å²) in [7, 11) is 0. The van der Waals surface area contributed by atoms with Crippen molar-refractivity contribution in [1.29, 1.82) is 0 Å². The number of carbonyl (C=O) groups excluding carboxylic acids is 6. The molecule has 5 amide bonds. The molecule has 15 nitrogen and oxygen atoms in total. The number of rotatable bonds is 17. The van der Waals surface area contributed by atoms with Crippen LogP contribution in [0.1, 0.15) is 88.8 Å². The minimum absolute atomic E-state index is 0.0168. The van der Waals surface area contributed by atoms with Gasteiger partial charge in [-0.1, -0.05) is 65.3 Å². The van der Waals surface area contributed by atoms with Gasteiger partial charge in [0.25, 0.3) is 11.8 Å². The van der Waals surface area contributed by atoms with Crippen LogP contribution in [-0.4, -0.2) is 105 Å². The summed E-state index contributed by atoms with van der Waals surface area (Å²) in [5.41, 5.74) is 2.06. The molecule has 312 valence electrons. The topological polar surface area (TPSA) is 209 Å². The van der Waals surface area contributed by atoms with Crippen molar-refractivity contribution < 1.29 is 47.4 Å². The van der Waals surface area contributed by atoms with Gasteiger partial charge in [-0.15, -0.1) is 0 Å². The highest BCUT2D eigenvalue weighted by Crippen LogP contribution is 2.37. The molecule has 0 bridgehead atoms. The number of aliphatic hydroxyl groups is 1. The van der Waals surface area contributed by atoms with Gasteiger partial charge in [-0.05, 0) is 55.6 Å². The fourth-order valence-corrected chi connectivity index (χ4v) is 7.34. The van der Waals surface area contributed by atoms with Crippen molar-refractivity contribution in [2.75, 3.05) is 13.1 Å². The fraction of sp³-hybridized carbons (Fsp3) is 0.600. The Labute approximate surface area is 331 Å². The van der Waals surface area contributed by atoms with Crippen LogP contribution in [0.25, 0.3) is 0 Å². The lowest BCUT2D eigenvalue weighted by molar-refractivity contribution is -0.168. The molecular weight excluding hydrogens is 744 g/mol. The molecule has 2 aliphatic rings. The Morgan fingerprint density at radius 3 is 2.21 bits per heavy atom. The molecule has 1 fully saturated rings. The lowest BCUT2D eigenvalue weighted by atomic mass is 9.83. The second-order valence-corrected chi connectivity index (χ2v) is 15.4. The first-order valence-corrected chi connectivity index (χ1v) is 19.6. The van der Waals surface area contributed by atoms with Crippen LogP contribution in [0.2, 0.25) is 0 Å². The molecule has 0 spiro atoms. The highest BCUT2D eigenvalue weighted by atomic mass is 19.3. The molecule has 7 atom stereocenters. The van der Waals surface area contributed by atoms with Gasteiger partial charge in [-0.3, -0.25) is 29.0 Å². The Bertz CT molecular complexity index is 1750. The quantitative estimate of drug-likeness (QED) is 0.158. The van der Waals surface area contributed by atoms with Gasteiger partial charge in [0.15, 0.2) is 5.78 Å². The van der Waals surface area contributed by atoms with Crippen molar-refractivity contribution in [1.82, 2.24) is 36.1 Å². The maximum atomic E-state index is 15.1. The summed E-state index contributed by atoms with van der Waals surface area (Å²) < 4.78 is 36.1. The SMILES string of the molecule is CCC[C@H](NC(=O)[C@@H]1C[C@@H](OC(=O)N2CCc3ccccc3C2)CC1C(=O)[C@@H](NC(=O)[C@@H](NC(=O)c1cnccn1)C(C)C)C(C)C)C(O)C(F)(F)C(=O)NCC. The number of ketones is 1. The summed E-state index contributed by atoms with van der Waals surface area (Å²) in [6.45, 7) is 10.5. The maximum Gasteiger partial charge on any atom is 0.410 e. The molecule has 2 unspecified atom stereocenters. The van der Waals surface area contributed by atoms with Gasteiger partial charge in [0.05, 0.1) is 24.2 Å². The van der Waals surface area contributed by atoms with E-state index >= 15 is 8.78 Å². The van der Waals surface area contributed by atoms with E-state index in [0.29, 0.717) is 19.5 Å². The first-order valence-electron chi connectivity index (χ1n) is 19.6. The van der Waals surface area contributed by atoms with E-state index in [1.807, 2.05) is 29.6 Å². The third-order valence-electron chi connectivity index (χ3n) is 10.5. The smallest absolute Gasteiger partial charge is 0.410 e. The van der Waals surface area contributed by atoms with Gasteiger partial charge in [0.1, 0.15) is 23.9 Å². The largest absolute Gasteiger partial charge is 0.446 e. The minimum atomic E-state index is -4.25. The first-order chi connectivity index (χ1) is 27.0. The van der Waals surface area contributed by atoms with Crippen LogP contribution in [0.15, 0.2) is 42.9 Å². The minimum Gasteiger partial charge on any atom is -0.446 e. The number of fused-ring (bicyclic) bond motifs is 1. The van der Waals surface area contributed by atoms with Crippen molar-refractivity contribution in [3.8, 4) is 0 Å². The number of amides is 5. The predicted octanol–water partition coefficient (Wildman–Crippen LogP) is 2.95. The van der Waals surface area contributed by atoms with Crippen molar-refractivity contribution in [2.24, 2.45) is 23.7 Å². The zero-order chi connectivity index (χ0) is 42.0. The average molecular weight is 800 g/mol. The molecule has 17 heteroatoms. The molecule has 2 aromatic rings. The monoisotopic (exact) mass is 799 g/mol. The van der Waals surface area contributed by atoms with Gasteiger partial charge in [0.2, 0.25) is 11.8 Å². The molecular formula is C40H55F2N7O8. The van der Waals surface area contributed by atoms with Crippen LogP contribution >= 0.6 is 0 Å². The number of carbonyl (C=O) groups is 6. The molecule has 4 rings (SSSR count). The molecule has 5 N–H and O–H groups in total. The van der Waals surface area contributed by atoms with Gasteiger partial charge in [-0.2, -0.15) is 8.78 Å². The van der Waals surface area contributed by atoms with Crippen LogP contribution in [0.4, 0.5) is 13.6 Å². The van der Waals surface area contributed by atoms with E-state index in [2.05, 4.69) is 25.9 Å². The number of alkyl halides is 2. The second kappa shape index (κ2) is 19.9. The average Bonchev–Trinajstić information content (AvgIpc) is 3.61. The molecule has 2 heterocycles. The summed E-state index contributed by atoms with van der Waals surface area (Å²) in [6.07, 6.45) is 0.272. The number of hydrogen-bond acceptors (Lipinski definition) is 10. The first kappa shape index (κ1) is 44.7. The third kappa shape index (κ3) is 11.1. The zero-order valence-corrected chi connectivity index (χ0v) is 33.3. The summed E-state index contributed by atoms with van der Waals surface area (Å²) in [6, 6.07) is 3.85. The third-order valence-corrected chi connectivity index (χ3v) is 10.5. The number of nitrogens with one attached hydrogen (secondary N) is 4. The van der Waals surface area contributed by atoms with E-state index in [4.69, 9.17) is 4.74 Å². The number of benzene rings is 1. The second-order valence-electron chi connectivity index (χ2n) is 15.4. The van der Waals surface area contributed by atoms with E-state index in [9.17, 15) is 33.9 Å². The fourth-order valence-electron chi connectivity index (χ4n) is 7.34. The van der Waals surface area contributed by atoms with Crippen LogP contribution in [0.3, 0.4) is 0 Å². The summed E-state index contributed by atoms with van der Waals surface area (Å²) >= 11 is 0. The van der Waals surface area contributed by atoms with Gasteiger partial charge in [-0.25, -0.2) is 9.78 Å². The molecule has 1 aliphatic heterocycles. The number of aromatic nitrogens is 2. The van der Waals surface area contributed by atoms with Crippen molar-refractivity contribution in [3.63, 3.8) is 0 Å². The number of nitrogens with zero attached hydrogens (tertiary/aromatic N) is 3. The lowest BCUT2D eigenvalue weighted by Crippen LogP contribution is -2.58. The zero-order valence-electron chi connectivity index (χ0n) is 33.3. The summed E-state index contributed by atoms with van der Waals surface area (Å²) in [5, 5.41) is 20.6. The lowest BCUT2D eigenvalue weighted by Gasteiger charge is -2.32. The van der Waals surface area contributed by atoms with E-state index in [-0.39, 0.29) is 37.9 Å². The molecule has 1 aliphatic carbocycles. The molecule has 0 saturated heterocycles. The van der Waals surface area contributed by atoms with Crippen LogP contribution < -0.4 is 21.3 Å². The van der Waals surface area contributed by atoms with Crippen LogP contribution in [0.5, 0.6) is 0 Å². The number of Topliss-reactive ketones (excluding diaryl/α,β-unsaturated/α-hetero) is 1. The van der Waals surface area contributed by atoms with E-state index in [0.717, 1.165) is 11.1 Å². The van der Waals surface area contributed by atoms with Gasteiger partial charge >= 0.3 is 12.0 Å². The molecule has 1 aromatic carbocycles. The molecule has 0 radical (unpaired) electrons. The van der Waals surface area contributed by atoms with E-state index < -0.39 is 95.4 Å². The van der Waals surface area contributed by atoms with Gasteiger partial charge < -0.3 is 36.0 Å².